The molecule has 26 heavy (non-hydrogen) atoms. The Morgan fingerprint density at radius 1 is 1.31 bits per heavy atom. The van der Waals surface area contributed by atoms with Crippen molar-refractivity contribution in [2.75, 3.05) is 6.67 Å². The molecule has 0 saturated carbocycles. The largest absolute Gasteiger partial charge is 0.368 e. The number of aromatic nitrogens is 2. The SMILES string of the molecule is CC(C)(C)[C@H](NC(=O)c1cn(CCCCCF)c2ncccc12)C(N)=O. The van der Waals surface area contributed by atoms with Crippen molar-refractivity contribution < 1.29 is 14.0 Å². The van der Waals surface area contributed by atoms with Crippen molar-refractivity contribution in [2.24, 2.45) is 11.1 Å². The molecule has 0 aromatic carbocycles. The molecule has 0 spiro atoms. The molecule has 7 heteroatoms. The Labute approximate surface area is 153 Å². The van der Waals surface area contributed by atoms with Crippen LogP contribution in [0.2, 0.25) is 0 Å². The van der Waals surface area contributed by atoms with Crippen molar-refractivity contribution in [3.8, 4) is 0 Å². The van der Waals surface area contributed by atoms with Gasteiger partial charge in [0.05, 0.1) is 12.2 Å². The highest BCUT2D eigenvalue weighted by Gasteiger charge is 2.32. The predicted molar refractivity (Wildman–Crippen MR) is 99.5 cm³/mol. The van der Waals surface area contributed by atoms with Crippen molar-refractivity contribution in [3.63, 3.8) is 0 Å². The highest BCUT2D eigenvalue weighted by Crippen LogP contribution is 2.23. The zero-order chi connectivity index (χ0) is 19.3. The topological polar surface area (TPSA) is 90.0 Å². The molecule has 0 fully saturated rings. The van der Waals surface area contributed by atoms with Gasteiger partial charge in [0, 0.05) is 24.3 Å². The number of aryl methyl sites for hydroxylation is 1. The number of hydrogen-bond acceptors (Lipinski definition) is 3. The maximum atomic E-state index is 12.8. The number of hydrogen-bond donors (Lipinski definition) is 2. The number of fused-ring (bicyclic) bond motifs is 1. The molecule has 0 radical (unpaired) electrons. The molecule has 6 nitrogen and oxygen atoms in total. The van der Waals surface area contributed by atoms with E-state index < -0.39 is 17.4 Å². The highest BCUT2D eigenvalue weighted by molar-refractivity contribution is 6.07. The molecular weight excluding hydrogens is 335 g/mol. The van der Waals surface area contributed by atoms with Gasteiger partial charge in [-0.05, 0) is 36.8 Å². The third kappa shape index (κ3) is 4.59. The van der Waals surface area contributed by atoms with E-state index in [0.29, 0.717) is 29.6 Å². The summed E-state index contributed by atoms with van der Waals surface area (Å²) in [6.07, 6.45) is 5.52. The molecule has 1 atom stereocenters. The number of nitrogens with zero attached hydrogens (tertiary/aromatic N) is 2. The summed E-state index contributed by atoms with van der Waals surface area (Å²) in [5, 5.41) is 3.47. The van der Waals surface area contributed by atoms with Crippen LogP contribution in [-0.2, 0) is 11.3 Å². The second kappa shape index (κ2) is 8.29. The van der Waals surface area contributed by atoms with Crippen LogP contribution >= 0.6 is 0 Å². The summed E-state index contributed by atoms with van der Waals surface area (Å²) in [7, 11) is 0. The third-order valence-corrected chi connectivity index (χ3v) is 4.34. The summed E-state index contributed by atoms with van der Waals surface area (Å²) in [6, 6.07) is 2.81. The predicted octanol–water partition coefficient (Wildman–Crippen LogP) is 2.81. The average molecular weight is 362 g/mol. The lowest BCUT2D eigenvalue weighted by atomic mass is 9.86. The number of carbonyl (C=O) groups excluding carboxylic acids is 2. The molecule has 0 saturated heterocycles. The van der Waals surface area contributed by atoms with Gasteiger partial charge in [-0.15, -0.1) is 0 Å². The number of nitrogens with one attached hydrogen (secondary N) is 1. The molecule has 2 rings (SSSR count). The summed E-state index contributed by atoms with van der Waals surface area (Å²) in [4.78, 5) is 28.9. The van der Waals surface area contributed by atoms with E-state index in [9.17, 15) is 14.0 Å². The molecule has 2 aromatic rings. The van der Waals surface area contributed by atoms with Crippen molar-refractivity contribution in [1.82, 2.24) is 14.9 Å². The Morgan fingerprint density at radius 3 is 2.65 bits per heavy atom. The molecule has 2 amide bonds. The van der Waals surface area contributed by atoms with Crippen LogP contribution in [0, 0.1) is 5.41 Å². The van der Waals surface area contributed by atoms with Gasteiger partial charge in [-0.2, -0.15) is 0 Å². The number of halogens is 1. The van der Waals surface area contributed by atoms with Crippen LogP contribution < -0.4 is 11.1 Å². The van der Waals surface area contributed by atoms with Gasteiger partial charge in [0.2, 0.25) is 5.91 Å². The molecule has 3 N–H and O–H groups in total. The Morgan fingerprint density at radius 2 is 2.04 bits per heavy atom. The summed E-state index contributed by atoms with van der Waals surface area (Å²) in [5.41, 5.74) is 6.12. The molecule has 2 heterocycles. The van der Waals surface area contributed by atoms with Crippen LogP contribution in [0.1, 0.15) is 50.4 Å². The number of rotatable bonds is 8. The van der Waals surface area contributed by atoms with E-state index in [1.165, 1.54) is 0 Å². The van der Waals surface area contributed by atoms with Gasteiger partial charge in [-0.25, -0.2) is 4.98 Å². The normalized spacial score (nSPS) is 12.9. The van der Waals surface area contributed by atoms with Crippen molar-refractivity contribution in [2.45, 2.75) is 52.6 Å². The third-order valence-electron chi connectivity index (χ3n) is 4.34. The van der Waals surface area contributed by atoms with E-state index >= 15 is 0 Å². The van der Waals surface area contributed by atoms with Crippen LogP contribution in [0.4, 0.5) is 4.39 Å². The summed E-state index contributed by atoms with van der Waals surface area (Å²) < 4.78 is 14.2. The van der Waals surface area contributed by atoms with Gasteiger partial charge < -0.3 is 15.6 Å². The first-order valence-corrected chi connectivity index (χ1v) is 8.85. The number of unbranched alkanes of at least 4 members (excludes halogenated alkanes) is 2. The molecule has 0 aliphatic heterocycles. The van der Waals surface area contributed by atoms with Crippen LogP contribution in [0.25, 0.3) is 11.0 Å². The van der Waals surface area contributed by atoms with Gasteiger partial charge in [0.25, 0.3) is 5.91 Å². The second-order valence-electron chi connectivity index (χ2n) is 7.54. The fourth-order valence-corrected chi connectivity index (χ4v) is 2.95. The zero-order valence-corrected chi connectivity index (χ0v) is 15.6. The number of amides is 2. The van der Waals surface area contributed by atoms with Gasteiger partial charge >= 0.3 is 0 Å². The number of alkyl halides is 1. The summed E-state index contributed by atoms with van der Waals surface area (Å²) in [6.45, 7) is 5.87. The minimum absolute atomic E-state index is 0.320. The average Bonchev–Trinajstić information content (AvgIpc) is 2.94. The lowest BCUT2D eigenvalue weighted by Gasteiger charge is -2.28. The van der Waals surface area contributed by atoms with Gasteiger partial charge in [0.1, 0.15) is 11.7 Å². The first kappa shape index (κ1) is 19.9. The quantitative estimate of drug-likeness (QED) is 0.708. The van der Waals surface area contributed by atoms with Crippen LogP contribution in [0.15, 0.2) is 24.5 Å². The minimum atomic E-state index is -0.783. The van der Waals surface area contributed by atoms with E-state index in [1.807, 2.05) is 31.4 Å². The molecule has 0 bridgehead atoms. The standard InChI is InChI=1S/C19H27FN4O2/c1-19(2,3)15(16(21)25)23-18(26)14-12-24(11-6-4-5-9-20)17-13(14)8-7-10-22-17/h7-8,10,12,15H,4-6,9,11H2,1-3H3,(H2,21,25)(H,23,26)/t15-/m1/s1. The van der Waals surface area contributed by atoms with E-state index in [4.69, 9.17) is 5.73 Å². The fourth-order valence-electron chi connectivity index (χ4n) is 2.95. The molecule has 0 aliphatic rings. The van der Waals surface area contributed by atoms with Crippen LogP contribution in [-0.4, -0.2) is 34.1 Å². The van der Waals surface area contributed by atoms with E-state index in [-0.39, 0.29) is 12.6 Å². The van der Waals surface area contributed by atoms with Gasteiger partial charge in [-0.3, -0.25) is 14.0 Å². The van der Waals surface area contributed by atoms with Crippen molar-refractivity contribution in [1.29, 1.82) is 0 Å². The van der Waals surface area contributed by atoms with Crippen molar-refractivity contribution in [3.05, 3.63) is 30.1 Å². The smallest absolute Gasteiger partial charge is 0.254 e. The highest BCUT2D eigenvalue weighted by atomic mass is 19.1. The summed E-state index contributed by atoms with van der Waals surface area (Å²) in [5.74, 6) is -0.928. The van der Waals surface area contributed by atoms with Gasteiger partial charge in [-0.1, -0.05) is 20.8 Å². The molecule has 0 unspecified atom stereocenters. The Hall–Kier alpha value is -2.44. The van der Waals surface area contributed by atoms with Crippen LogP contribution in [0.5, 0.6) is 0 Å². The fraction of sp³-hybridized carbons (Fsp3) is 0.526. The minimum Gasteiger partial charge on any atom is -0.368 e. The molecule has 0 aliphatic carbocycles. The molecule has 142 valence electrons. The Bertz CT molecular complexity index is 779. The monoisotopic (exact) mass is 362 g/mol. The maximum Gasteiger partial charge on any atom is 0.254 e. The first-order valence-electron chi connectivity index (χ1n) is 8.85. The zero-order valence-electron chi connectivity index (χ0n) is 15.6. The maximum absolute atomic E-state index is 12.8. The Kier molecular flexibility index (Phi) is 6.34. The second-order valence-corrected chi connectivity index (χ2v) is 7.54. The lowest BCUT2D eigenvalue weighted by Crippen LogP contribution is -2.52. The Balaban J connectivity index is 2.28. The lowest BCUT2D eigenvalue weighted by molar-refractivity contribution is -0.122. The van der Waals surface area contributed by atoms with Crippen molar-refractivity contribution >= 4 is 22.8 Å². The van der Waals surface area contributed by atoms with E-state index in [0.717, 1.165) is 12.8 Å². The summed E-state index contributed by atoms with van der Waals surface area (Å²) >= 11 is 0. The first-order chi connectivity index (χ1) is 12.3. The van der Waals surface area contributed by atoms with Crippen LogP contribution in [0.3, 0.4) is 0 Å². The number of primary amides is 1. The molecule has 2 aromatic heterocycles. The number of carbonyl (C=O) groups is 2. The van der Waals surface area contributed by atoms with E-state index in [2.05, 4.69) is 10.3 Å². The molecular formula is C19H27FN4O2. The number of nitrogens with two attached hydrogens (primary N) is 1. The van der Waals surface area contributed by atoms with Gasteiger partial charge in [0.15, 0.2) is 0 Å². The number of pyridine rings is 1. The van der Waals surface area contributed by atoms with E-state index in [1.54, 1.807) is 18.5 Å².